The second kappa shape index (κ2) is 5.99. The molecule has 0 saturated heterocycles. The van der Waals surface area contributed by atoms with Crippen molar-refractivity contribution in [3.8, 4) is 0 Å². The summed E-state index contributed by atoms with van der Waals surface area (Å²) < 4.78 is 1.99. The topological polar surface area (TPSA) is 55.6 Å². The van der Waals surface area contributed by atoms with Gasteiger partial charge in [-0.15, -0.1) is 0 Å². The van der Waals surface area contributed by atoms with Gasteiger partial charge in [-0.25, -0.2) is 14.6 Å². The van der Waals surface area contributed by atoms with E-state index in [1.54, 1.807) is 0 Å². The average Bonchev–Trinajstić information content (AvgIpc) is 2.76. The van der Waals surface area contributed by atoms with E-state index in [0.29, 0.717) is 5.92 Å². The van der Waals surface area contributed by atoms with Gasteiger partial charge in [0.1, 0.15) is 11.6 Å². The summed E-state index contributed by atoms with van der Waals surface area (Å²) >= 11 is 0. The van der Waals surface area contributed by atoms with Crippen molar-refractivity contribution >= 4 is 16.9 Å². The molecule has 0 aliphatic heterocycles. The molecule has 0 bridgehead atoms. The van der Waals surface area contributed by atoms with Crippen molar-refractivity contribution in [2.24, 2.45) is 5.92 Å². The molecule has 2 aromatic rings. The van der Waals surface area contributed by atoms with Crippen LogP contribution in [0, 0.1) is 12.8 Å². The molecule has 0 aliphatic rings. The third-order valence-electron chi connectivity index (χ3n) is 3.07. The summed E-state index contributed by atoms with van der Waals surface area (Å²) in [5, 5.41) is 8.82. The van der Waals surface area contributed by atoms with Gasteiger partial charge >= 0.3 is 0 Å². The van der Waals surface area contributed by atoms with Crippen molar-refractivity contribution in [3.05, 3.63) is 12.0 Å². The number of aryl methyl sites for hydroxylation is 2. The predicted octanol–water partition coefficient (Wildman–Crippen LogP) is 3.00. The van der Waals surface area contributed by atoms with Crippen LogP contribution >= 0.6 is 0 Å². The first kappa shape index (κ1) is 13.8. The first-order valence-corrected chi connectivity index (χ1v) is 7.05. The summed E-state index contributed by atoms with van der Waals surface area (Å²) in [4.78, 5) is 9.00. The molecule has 0 saturated carbocycles. The van der Waals surface area contributed by atoms with Crippen molar-refractivity contribution in [1.82, 2.24) is 19.7 Å². The highest BCUT2D eigenvalue weighted by Crippen LogP contribution is 2.20. The molecule has 1 N–H and O–H groups in total. The maximum Gasteiger partial charge on any atom is 0.163 e. The van der Waals surface area contributed by atoms with Gasteiger partial charge in [-0.3, -0.25) is 0 Å². The molecule has 0 unspecified atom stereocenters. The highest BCUT2D eigenvalue weighted by molar-refractivity contribution is 5.86. The third kappa shape index (κ3) is 3.22. The summed E-state index contributed by atoms with van der Waals surface area (Å²) in [5.74, 6) is 2.36. The number of hydrogen-bond acceptors (Lipinski definition) is 4. The number of rotatable bonds is 6. The molecule has 2 aromatic heterocycles. The summed E-state index contributed by atoms with van der Waals surface area (Å²) in [6, 6.07) is 0. The minimum atomic E-state index is 0.667. The van der Waals surface area contributed by atoms with Gasteiger partial charge in [0, 0.05) is 13.1 Å². The molecular weight excluding hydrogens is 238 g/mol. The molecule has 0 fully saturated rings. The number of hydrogen-bond donors (Lipinski definition) is 1. The Hall–Kier alpha value is -1.65. The molecule has 19 heavy (non-hydrogen) atoms. The minimum Gasteiger partial charge on any atom is -0.369 e. The molecular formula is C14H23N5. The first-order chi connectivity index (χ1) is 9.11. The van der Waals surface area contributed by atoms with Crippen molar-refractivity contribution in [2.45, 2.75) is 47.1 Å². The van der Waals surface area contributed by atoms with Crippen molar-refractivity contribution in [2.75, 3.05) is 11.9 Å². The van der Waals surface area contributed by atoms with E-state index in [0.717, 1.165) is 48.6 Å². The van der Waals surface area contributed by atoms with Gasteiger partial charge in [0.05, 0.1) is 11.6 Å². The number of nitrogens with zero attached hydrogens (tertiary/aromatic N) is 4. The minimum absolute atomic E-state index is 0.667. The Morgan fingerprint density at radius 1 is 1.32 bits per heavy atom. The quantitative estimate of drug-likeness (QED) is 0.868. The lowest BCUT2D eigenvalue weighted by Crippen LogP contribution is -2.07. The average molecular weight is 261 g/mol. The lowest BCUT2D eigenvalue weighted by Gasteiger charge is -2.08. The molecule has 0 aliphatic carbocycles. The monoisotopic (exact) mass is 261 g/mol. The van der Waals surface area contributed by atoms with Gasteiger partial charge in [0.2, 0.25) is 0 Å². The van der Waals surface area contributed by atoms with E-state index in [1.807, 2.05) is 17.8 Å². The van der Waals surface area contributed by atoms with Crippen LogP contribution in [0.4, 0.5) is 5.82 Å². The van der Waals surface area contributed by atoms with Gasteiger partial charge in [0.15, 0.2) is 5.65 Å². The van der Waals surface area contributed by atoms with Crippen LogP contribution in [0.5, 0.6) is 0 Å². The highest BCUT2D eigenvalue weighted by Gasteiger charge is 2.11. The van der Waals surface area contributed by atoms with Crippen LogP contribution in [0.1, 0.15) is 39.4 Å². The number of fused-ring (bicyclic) bond motifs is 1. The van der Waals surface area contributed by atoms with Gasteiger partial charge < -0.3 is 5.32 Å². The van der Waals surface area contributed by atoms with Crippen LogP contribution in [-0.4, -0.2) is 26.3 Å². The molecule has 0 atom stereocenters. The van der Waals surface area contributed by atoms with E-state index < -0.39 is 0 Å². The molecule has 104 valence electrons. The Morgan fingerprint density at radius 3 is 2.79 bits per heavy atom. The zero-order chi connectivity index (χ0) is 13.8. The SMILES string of the molecule is CCCNc1nc(C)nc2c1cnn2CCC(C)C. The highest BCUT2D eigenvalue weighted by atomic mass is 15.3. The Kier molecular flexibility index (Phi) is 4.35. The summed E-state index contributed by atoms with van der Waals surface area (Å²) in [7, 11) is 0. The molecule has 2 rings (SSSR count). The summed E-state index contributed by atoms with van der Waals surface area (Å²) in [6.45, 7) is 10.3. The van der Waals surface area contributed by atoms with Crippen LogP contribution in [0.25, 0.3) is 11.0 Å². The standard InChI is InChI=1S/C14H23N5/c1-5-7-15-13-12-9-16-19(8-6-10(2)3)14(12)18-11(4)17-13/h9-10H,5-8H2,1-4H3,(H,15,17,18). The van der Waals surface area contributed by atoms with E-state index in [2.05, 4.69) is 41.2 Å². The molecule has 0 aromatic carbocycles. The zero-order valence-electron chi connectivity index (χ0n) is 12.3. The Balaban J connectivity index is 2.33. The van der Waals surface area contributed by atoms with E-state index in [1.165, 1.54) is 0 Å². The maximum absolute atomic E-state index is 4.53. The molecule has 0 spiro atoms. The largest absolute Gasteiger partial charge is 0.369 e. The van der Waals surface area contributed by atoms with E-state index in [4.69, 9.17) is 0 Å². The normalized spacial score (nSPS) is 11.4. The van der Waals surface area contributed by atoms with Gasteiger partial charge in [0.25, 0.3) is 0 Å². The fourth-order valence-corrected chi connectivity index (χ4v) is 1.99. The van der Waals surface area contributed by atoms with Crippen LogP contribution in [0.15, 0.2) is 6.20 Å². The Labute approximate surface area is 114 Å². The number of anilines is 1. The van der Waals surface area contributed by atoms with Crippen LogP contribution < -0.4 is 5.32 Å². The van der Waals surface area contributed by atoms with Crippen LogP contribution in [-0.2, 0) is 6.54 Å². The van der Waals surface area contributed by atoms with Gasteiger partial charge in [-0.1, -0.05) is 20.8 Å². The Bertz CT molecular complexity index is 544. The van der Waals surface area contributed by atoms with E-state index >= 15 is 0 Å². The summed E-state index contributed by atoms with van der Waals surface area (Å²) in [5.41, 5.74) is 0.937. The molecule has 0 radical (unpaired) electrons. The summed E-state index contributed by atoms with van der Waals surface area (Å²) in [6.07, 6.45) is 4.05. The fraction of sp³-hybridized carbons (Fsp3) is 0.643. The zero-order valence-corrected chi connectivity index (χ0v) is 12.3. The van der Waals surface area contributed by atoms with E-state index in [9.17, 15) is 0 Å². The lowest BCUT2D eigenvalue weighted by molar-refractivity contribution is 0.494. The number of nitrogens with one attached hydrogen (secondary N) is 1. The van der Waals surface area contributed by atoms with Crippen molar-refractivity contribution < 1.29 is 0 Å². The third-order valence-corrected chi connectivity index (χ3v) is 3.07. The molecule has 5 nitrogen and oxygen atoms in total. The molecule has 2 heterocycles. The van der Waals surface area contributed by atoms with Crippen LogP contribution in [0.2, 0.25) is 0 Å². The van der Waals surface area contributed by atoms with Crippen LogP contribution in [0.3, 0.4) is 0 Å². The fourth-order valence-electron chi connectivity index (χ4n) is 1.99. The van der Waals surface area contributed by atoms with Crippen molar-refractivity contribution in [1.29, 1.82) is 0 Å². The van der Waals surface area contributed by atoms with Gasteiger partial charge in [-0.2, -0.15) is 5.10 Å². The van der Waals surface area contributed by atoms with E-state index in [-0.39, 0.29) is 0 Å². The van der Waals surface area contributed by atoms with Crippen molar-refractivity contribution in [3.63, 3.8) is 0 Å². The number of aromatic nitrogens is 4. The lowest BCUT2D eigenvalue weighted by atomic mass is 10.1. The second-order valence-electron chi connectivity index (χ2n) is 5.33. The van der Waals surface area contributed by atoms with Gasteiger partial charge in [-0.05, 0) is 25.7 Å². The molecule has 0 amide bonds. The predicted molar refractivity (Wildman–Crippen MR) is 78.3 cm³/mol. The second-order valence-corrected chi connectivity index (χ2v) is 5.33. The first-order valence-electron chi connectivity index (χ1n) is 7.05. The maximum atomic E-state index is 4.53. The Morgan fingerprint density at radius 2 is 2.11 bits per heavy atom. The molecule has 5 heteroatoms. The smallest absolute Gasteiger partial charge is 0.163 e.